The second kappa shape index (κ2) is 9.33. The molecule has 6 nitrogen and oxygen atoms in total. The van der Waals surface area contributed by atoms with Gasteiger partial charge < -0.3 is 15.1 Å². The molecule has 3 aromatic heterocycles. The van der Waals surface area contributed by atoms with Gasteiger partial charge in [-0.3, -0.25) is 4.79 Å². The number of nitrogens with one attached hydrogen (secondary N) is 2. The van der Waals surface area contributed by atoms with Crippen LogP contribution < -0.4 is 0 Å². The van der Waals surface area contributed by atoms with Gasteiger partial charge in [0.15, 0.2) is 0 Å². The van der Waals surface area contributed by atoms with Crippen LogP contribution in [-0.4, -0.2) is 31.0 Å². The molecule has 4 aliphatic rings. The molecule has 175 valence electrons. The predicted octanol–water partition coefficient (Wildman–Crippen LogP) is 6.50. The minimum absolute atomic E-state index is 0. The van der Waals surface area contributed by atoms with Gasteiger partial charge in [0.25, 0.3) is 5.97 Å². The average Bonchev–Trinajstić information content (AvgIpc) is 3.56. The normalized spacial score (nSPS) is 15.8. The quantitative estimate of drug-likeness (QED) is 0.239. The van der Waals surface area contributed by atoms with Gasteiger partial charge in [-0.15, -0.1) is 0 Å². The Kier molecular flexibility index (Phi) is 6.22. The van der Waals surface area contributed by atoms with E-state index in [0.29, 0.717) is 11.8 Å². The number of fused-ring (bicyclic) bond motifs is 8. The van der Waals surface area contributed by atoms with E-state index in [-0.39, 0.29) is 17.1 Å². The molecule has 35 heavy (non-hydrogen) atoms. The van der Waals surface area contributed by atoms with Gasteiger partial charge in [-0.05, 0) is 98.2 Å². The van der Waals surface area contributed by atoms with Crippen LogP contribution in [0.5, 0.6) is 0 Å². The zero-order chi connectivity index (χ0) is 23.2. The molecule has 2 fully saturated rings. The SMILES string of the molecule is C1=Cc2nc1cc1ccc([nH]1)c(C1CC1)c1ccc(cc3nc(c2C2CC2)C=C3)[nH]1.CC(=O)O.[Mn+2]. The van der Waals surface area contributed by atoms with Crippen molar-refractivity contribution in [2.45, 2.75) is 44.4 Å². The number of aliphatic carboxylic acids is 1. The van der Waals surface area contributed by atoms with Crippen LogP contribution in [0.3, 0.4) is 0 Å². The molecule has 0 saturated heterocycles. The standard InChI is InChI=1S/C26H22N4.C2H4O2.Mn/c1-2-15(1)25-21-9-5-17(27-21)13-19-7-11-23(29-19)26(16-3-4-16)24-12-8-20(30-24)14-18-6-10-22(25)28-18;1-2(3)4;/h5-16,27-28H,1-4H2;1H3,(H,3,4);/q;;+2. The Bertz CT molecular complexity index is 1420. The van der Waals surface area contributed by atoms with Gasteiger partial charge in [0.2, 0.25) is 0 Å². The van der Waals surface area contributed by atoms with Crippen LogP contribution in [0.1, 0.15) is 78.3 Å². The van der Waals surface area contributed by atoms with E-state index in [0.717, 1.165) is 40.7 Å². The minimum Gasteiger partial charge on any atom is -0.481 e. The predicted molar refractivity (Wildman–Crippen MR) is 136 cm³/mol. The maximum absolute atomic E-state index is 9.00. The van der Waals surface area contributed by atoms with Crippen molar-refractivity contribution >= 4 is 52.3 Å². The summed E-state index contributed by atoms with van der Waals surface area (Å²) < 4.78 is 0. The third kappa shape index (κ3) is 5.02. The monoisotopic (exact) mass is 505 g/mol. The van der Waals surface area contributed by atoms with Crippen molar-refractivity contribution in [1.82, 2.24) is 19.9 Å². The zero-order valence-corrected chi connectivity index (χ0v) is 20.6. The van der Waals surface area contributed by atoms with Gasteiger partial charge in [-0.2, -0.15) is 0 Å². The molecule has 3 N–H and O–H groups in total. The number of aromatic amines is 2. The number of nitrogens with zero attached hydrogens (tertiary/aromatic N) is 2. The molecule has 7 rings (SSSR count). The first-order valence-corrected chi connectivity index (χ1v) is 11.8. The van der Waals surface area contributed by atoms with Crippen molar-refractivity contribution in [1.29, 1.82) is 0 Å². The second-order valence-corrected chi connectivity index (χ2v) is 9.35. The number of rotatable bonds is 2. The van der Waals surface area contributed by atoms with E-state index in [1.165, 1.54) is 47.8 Å². The van der Waals surface area contributed by atoms with Gasteiger partial charge >= 0.3 is 17.1 Å². The number of H-pyrrole nitrogens is 2. The Balaban J connectivity index is 0.000000474. The topological polar surface area (TPSA) is 94.7 Å². The summed E-state index contributed by atoms with van der Waals surface area (Å²) in [6.45, 7) is 1.08. The van der Waals surface area contributed by atoms with Crippen LogP contribution in [0.4, 0.5) is 0 Å². The summed E-state index contributed by atoms with van der Waals surface area (Å²) in [6.07, 6.45) is 13.5. The first-order chi connectivity index (χ1) is 16.5. The molecule has 0 atom stereocenters. The molecule has 5 heterocycles. The van der Waals surface area contributed by atoms with Gasteiger partial charge in [0.1, 0.15) is 0 Å². The molecule has 0 spiro atoms. The summed E-state index contributed by atoms with van der Waals surface area (Å²) in [5.41, 5.74) is 11.4. The van der Waals surface area contributed by atoms with Crippen LogP contribution in [0.25, 0.3) is 46.4 Å². The molecule has 0 amide bonds. The Hall–Kier alpha value is -3.41. The number of aromatic nitrogens is 4. The molecular weight excluding hydrogens is 479 g/mol. The number of hydrogen-bond donors (Lipinski definition) is 3. The summed E-state index contributed by atoms with van der Waals surface area (Å²) in [7, 11) is 0. The third-order valence-corrected chi connectivity index (χ3v) is 6.45. The van der Waals surface area contributed by atoms with Gasteiger partial charge in [-0.25, -0.2) is 9.97 Å². The first kappa shape index (κ1) is 23.3. The third-order valence-electron chi connectivity index (χ3n) is 6.45. The van der Waals surface area contributed by atoms with Crippen molar-refractivity contribution in [2.75, 3.05) is 0 Å². The van der Waals surface area contributed by atoms with Crippen LogP contribution in [0.2, 0.25) is 0 Å². The Morgan fingerprint density at radius 2 is 1.20 bits per heavy atom. The number of carboxylic acids is 1. The molecule has 2 saturated carbocycles. The maximum atomic E-state index is 9.00. The summed E-state index contributed by atoms with van der Waals surface area (Å²) in [4.78, 5) is 26.2. The first-order valence-electron chi connectivity index (χ1n) is 11.8. The van der Waals surface area contributed by atoms with Crippen molar-refractivity contribution in [3.05, 3.63) is 70.3 Å². The molecule has 1 radical (unpaired) electrons. The Morgan fingerprint density at radius 1 is 0.771 bits per heavy atom. The fraction of sp³-hybridized carbons (Fsp3) is 0.250. The molecule has 0 unspecified atom stereocenters. The summed E-state index contributed by atoms with van der Waals surface area (Å²) in [6, 6.07) is 13.0. The molecular formula is C28H26MnN4O2+2. The zero-order valence-electron chi connectivity index (χ0n) is 19.4. The van der Waals surface area contributed by atoms with Crippen LogP contribution >= 0.6 is 0 Å². The van der Waals surface area contributed by atoms with Crippen molar-refractivity contribution in [3.63, 3.8) is 0 Å². The van der Waals surface area contributed by atoms with E-state index in [9.17, 15) is 0 Å². The average molecular weight is 505 g/mol. The number of hydrogen-bond acceptors (Lipinski definition) is 3. The number of carbonyl (C=O) groups is 1. The van der Waals surface area contributed by atoms with Crippen molar-refractivity contribution in [2.24, 2.45) is 0 Å². The smallest absolute Gasteiger partial charge is 0.481 e. The molecule has 7 heteroatoms. The summed E-state index contributed by atoms with van der Waals surface area (Å²) in [5, 5.41) is 7.42. The van der Waals surface area contributed by atoms with Crippen molar-refractivity contribution in [3.8, 4) is 0 Å². The molecule has 2 aliphatic carbocycles. The Morgan fingerprint density at radius 3 is 1.63 bits per heavy atom. The van der Waals surface area contributed by atoms with E-state index < -0.39 is 5.97 Å². The fourth-order valence-electron chi connectivity index (χ4n) is 4.72. The van der Waals surface area contributed by atoms with Gasteiger partial charge in [0, 0.05) is 40.1 Å². The Labute approximate surface area is 213 Å². The summed E-state index contributed by atoms with van der Waals surface area (Å²) in [5.74, 6) is 0.379. The van der Waals surface area contributed by atoms with Gasteiger partial charge in [0.05, 0.1) is 22.8 Å². The number of carboxylic acid groups (broad SMARTS) is 1. The molecule has 2 aliphatic heterocycles. The minimum atomic E-state index is -0.833. The van der Waals surface area contributed by atoms with E-state index in [4.69, 9.17) is 19.9 Å². The fourth-order valence-corrected chi connectivity index (χ4v) is 4.72. The maximum Gasteiger partial charge on any atom is 2.00 e. The van der Waals surface area contributed by atoms with Crippen LogP contribution in [-0.2, 0) is 21.9 Å². The molecule has 8 bridgehead atoms. The second-order valence-electron chi connectivity index (χ2n) is 9.35. The van der Waals surface area contributed by atoms with E-state index in [2.05, 4.69) is 70.7 Å². The molecule has 0 aromatic carbocycles. The van der Waals surface area contributed by atoms with Crippen molar-refractivity contribution < 1.29 is 27.0 Å². The summed E-state index contributed by atoms with van der Waals surface area (Å²) >= 11 is 0. The van der Waals surface area contributed by atoms with Crippen LogP contribution in [0.15, 0.2) is 36.4 Å². The molecule has 3 aromatic rings. The van der Waals surface area contributed by atoms with E-state index >= 15 is 0 Å². The van der Waals surface area contributed by atoms with Crippen LogP contribution in [0, 0.1) is 0 Å². The van der Waals surface area contributed by atoms with E-state index in [1.807, 2.05) is 0 Å². The van der Waals surface area contributed by atoms with Gasteiger partial charge in [-0.1, -0.05) is 0 Å². The van der Waals surface area contributed by atoms with E-state index in [1.54, 1.807) is 0 Å². The largest absolute Gasteiger partial charge is 2.00 e.